The maximum atomic E-state index is 13.5. The van der Waals surface area contributed by atoms with Crippen molar-refractivity contribution in [2.24, 2.45) is 0 Å². The molecule has 4 rings (SSSR count). The summed E-state index contributed by atoms with van der Waals surface area (Å²) in [5.41, 5.74) is 1.61. The zero-order valence-corrected chi connectivity index (χ0v) is 25.3. The van der Waals surface area contributed by atoms with Crippen LogP contribution >= 0.6 is 0 Å². The summed E-state index contributed by atoms with van der Waals surface area (Å²) in [5, 5.41) is 17.6. The number of para-hydroxylation sites is 1. The van der Waals surface area contributed by atoms with Crippen molar-refractivity contribution in [3.63, 3.8) is 0 Å². The molecule has 43 heavy (non-hydrogen) atoms. The van der Waals surface area contributed by atoms with Crippen LogP contribution in [0.25, 0.3) is 0 Å². The number of β-amino-alcohol motifs (C(OH)–C–C–N with tert-alkyl or cyclic N) is 1. The number of nitrogens with zero attached hydrogens (tertiary/aromatic N) is 2. The Kier molecular flexibility index (Phi) is 11.7. The number of rotatable bonds is 13. The van der Waals surface area contributed by atoms with Crippen molar-refractivity contribution < 1.29 is 24.2 Å². The molecule has 2 aromatic carbocycles. The molecule has 0 bridgehead atoms. The molecule has 0 aliphatic carbocycles. The third-order valence-corrected chi connectivity index (χ3v) is 7.35. The quantitative estimate of drug-likeness (QED) is 0.280. The van der Waals surface area contributed by atoms with E-state index in [2.05, 4.69) is 15.6 Å². The van der Waals surface area contributed by atoms with Gasteiger partial charge in [-0.3, -0.25) is 19.5 Å². The van der Waals surface area contributed by atoms with E-state index in [9.17, 15) is 14.7 Å². The molecular formula is C34H44N4O5. The van der Waals surface area contributed by atoms with Gasteiger partial charge in [0.2, 0.25) is 5.91 Å². The topological polar surface area (TPSA) is 113 Å². The maximum Gasteiger partial charge on any atom is 0.258 e. The van der Waals surface area contributed by atoms with E-state index < -0.39 is 23.7 Å². The van der Waals surface area contributed by atoms with E-state index in [-0.39, 0.29) is 31.1 Å². The van der Waals surface area contributed by atoms with E-state index in [0.717, 1.165) is 17.5 Å². The van der Waals surface area contributed by atoms with Gasteiger partial charge in [0, 0.05) is 31.0 Å². The average molecular weight is 589 g/mol. The van der Waals surface area contributed by atoms with Crippen LogP contribution in [0.15, 0.2) is 85.2 Å². The first-order valence-electron chi connectivity index (χ1n) is 14.9. The monoisotopic (exact) mass is 588 g/mol. The first kappa shape index (κ1) is 32.1. The van der Waals surface area contributed by atoms with Gasteiger partial charge in [-0.25, -0.2) is 0 Å². The lowest BCUT2D eigenvalue weighted by atomic mass is 9.95. The van der Waals surface area contributed by atoms with E-state index in [1.165, 1.54) is 0 Å². The van der Waals surface area contributed by atoms with Crippen molar-refractivity contribution in [3.05, 3.63) is 96.3 Å². The zero-order chi connectivity index (χ0) is 30.7. The highest BCUT2D eigenvalue weighted by Crippen LogP contribution is 2.23. The van der Waals surface area contributed by atoms with Gasteiger partial charge in [0.15, 0.2) is 6.61 Å². The molecule has 0 spiro atoms. The van der Waals surface area contributed by atoms with Gasteiger partial charge in [-0.15, -0.1) is 0 Å². The molecular weight excluding hydrogens is 544 g/mol. The van der Waals surface area contributed by atoms with E-state index in [0.29, 0.717) is 31.7 Å². The second kappa shape index (κ2) is 15.6. The Labute approximate surface area is 254 Å². The second-order valence-corrected chi connectivity index (χ2v) is 12.1. The van der Waals surface area contributed by atoms with Crippen LogP contribution in [-0.4, -0.2) is 76.3 Å². The van der Waals surface area contributed by atoms with Crippen molar-refractivity contribution in [2.45, 2.75) is 76.5 Å². The first-order valence-corrected chi connectivity index (χ1v) is 14.9. The SMILES string of the molecule is CC(C)(C)NC(=O)[C@@H]1C[C@H](OCc2ccncc2)CCN1C[C@@H](O)[C@H](Cc1ccccc1)NC(=O)COc1ccccc1. The zero-order valence-electron chi connectivity index (χ0n) is 25.3. The van der Waals surface area contributed by atoms with Crippen LogP contribution in [-0.2, 0) is 27.4 Å². The number of nitrogens with one attached hydrogen (secondary N) is 2. The van der Waals surface area contributed by atoms with Crippen LogP contribution in [0.2, 0.25) is 0 Å². The molecule has 3 aromatic rings. The summed E-state index contributed by atoms with van der Waals surface area (Å²) in [6, 6.07) is 21.6. The third-order valence-electron chi connectivity index (χ3n) is 7.35. The minimum Gasteiger partial charge on any atom is -0.484 e. The van der Waals surface area contributed by atoms with Gasteiger partial charge < -0.3 is 25.2 Å². The van der Waals surface area contributed by atoms with Crippen LogP contribution < -0.4 is 15.4 Å². The maximum absolute atomic E-state index is 13.5. The molecule has 1 aliphatic heterocycles. The molecule has 9 nitrogen and oxygen atoms in total. The molecule has 1 saturated heterocycles. The van der Waals surface area contributed by atoms with Gasteiger partial charge in [0.05, 0.1) is 30.9 Å². The molecule has 0 radical (unpaired) electrons. The number of carbonyl (C=O) groups is 2. The fourth-order valence-corrected chi connectivity index (χ4v) is 5.20. The molecule has 3 N–H and O–H groups in total. The Morgan fingerprint density at radius 2 is 1.67 bits per heavy atom. The molecule has 9 heteroatoms. The van der Waals surface area contributed by atoms with Gasteiger partial charge in [-0.2, -0.15) is 0 Å². The molecule has 1 aliphatic rings. The highest BCUT2D eigenvalue weighted by atomic mass is 16.5. The number of benzene rings is 2. The summed E-state index contributed by atoms with van der Waals surface area (Å²) < 4.78 is 11.8. The summed E-state index contributed by atoms with van der Waals surface area (Å²) in [6.07, 6.45) is 4.09. The molecule has 1 fully saturated rings. The van der Waals surface area contributed by atoms with Gasteiger partial charge in [-0.1, -0.05) is 48.5 Å². The van der Waals surface area contributed by atoms with Gasteiger partial charge in [-0.05, 0) is 75.4 Å². The van der Waals surface area contributed by atoms with E-state index >= 15 is 0 Å². The normalized spacial score (nSPS) is 18.8. The minimum atomic E-state index is -0.930. The fraction of sp³-hybridized carbons (Fsp3) is 0.441. The largest absolute Gasteiger partial charge is 0.484 e. The van der Waals surface area contributed by atoms with E-state index in [4.69, 9.17) is 9.47 Å². The Morgan fingerprint density at radius 3 is 2.35 bits per heavy atom. The lowest BCUT2D eigenvalue weighted by Gasteiger charge is -2.41. The number of piperidine rings is 1. The van der Waals surface area contributed by atoms with Gasteiger partial charge in [0.25, 0.3) is 5.91 Å². The number of carbonyl (C=O) groups excluding carboxylic acids is 2. The Hall–Kier alpha value is -3.79. The lowest BCUT2D eigenvalue weighted by Crippen LogP contribution is -2.59. The molecule has 1 aromatic heterocycles. The summed E-state index contributed by atoms with van der Waals surface area (Å²) in [7, 11) is 0. The molecule has 230 valence electrons. The summed E-state index contributed by atoms with van der Waals surface area (Å²) >= 11 is 0. The van der Waals surface area contributed by atoms with Crippen LogP contribution in [0.1, 0.15) is 44.7 Å². The molecule has 0 unspecified atom stereocenters. The number of pyridine rings is 1. The van der Waals surface area contributed by atoms with Crippen LogP contribution in [0.3, 0.4) is 0 Å². The second-order valence-electron chi connectivity index (χ2n) is 12.1. The van der Waals surface area contributed by atoms with Crippen LogP contribution in [0.5, 0.6) is 5.75 Å². The Balaban J connectivity index is 1.44. The fourth-order valence-electron chi connectivity index (χ4n) is 5.20. The van der Waals surface area contributed by atoms with Gasteiger partial charge >= 0.3 is 0 Å². The number of likely N-dealkylation sites (tertiary alicyclic amines) is 1. The number of ether oxygens (including phenoxy) is 2. The predicted molar refractivity (Wildman–Crippen MR) is 165 cm³/mol. The van der Waals surface area contributed by atoms with Gasteiger partial charge in [0.1, 0.15) is 5.75 Å². The van der Waals surface area contributed by atoms with Crippen molar-refractivity contribution in [2.75, 3.05) is 19.7 Å². The predicted octanol–water partition coefficient (Wildman–Crippen LogP) is 3.51. The first-order chi connectivity index (χ1) is 20.7. The summed E-state index contributed by atoms with van der Waals surface area (Å²) in [5.74, 6) is 0.172. The molecule has 2 amide bonds. The highest BCUT2D eigenvalue weighted by Gasteiger charge is 2.37. The number of hydrogen-bond donors (Lipinski definition) is 3. The highest BCUT2D eigenvalue weighted by molar-refractivity contribution is 5.82. The number of aromatic nitrogens is 1. The minimum absolute atomic E-state index is 0.100. The van der Waals surface area contributed by atoms with E-state index in [1.54, 1.807) is 24.5 Å². The van der Waals surface area contributed by atoms with E-state index in [1.807, 2.05) is 86.3 Å². The Morgan fingerprint density at radius 1 is 1.00 bits per heavy atom. The van der Waals surface area contributed by atoms with Crippen molar-refractivity contribution in [3.8, 4) is 5.75 Å². The average Bonchev–Trinajstić information content (AvgIpc) is 3.00. The van der Waals surface area contributed by atoms with Crippen molar-refractivity contribution in [1.29, 1.82) is 0 Å². The van der Waals surface area contributed by atoms with Crippen molar-refractivity contribution >= 4 is 11.8 Å². The number of hydrogen-bond acceptors (Lipinski definition) is 7. The smallest absolute Gasteiger partial charge is 0.258 e. The molecule has 2 heterocycles. The van der Waals surface area contributed by atoms with Crippen LogP contribution in [0.4, 0.5) is 0 Å². The standard InChI is InChI=1S/C34H44N4O5/c1-34(2,3)37-33(41)30-21-28(42-23-26-14-17-35-18-15-26)16-19-38(30)22-31(39)29(20-25-10-6-4-7-11-25)36-32(40)24-43-27-12-8-5-9-13-27/h4-15,17-18,28-31,39H,16,19-24H2,1-3H3,(H,36,40)(H,37,41)/t28-,29+,30+,31-/m1/s1. The van der Waals surface area contributed by atoms with Crippen molar-refractivity contribution in [1.82, 2.24) is 20.5 Å². The summed E-state index contributed by atoms with van der Waals surface area (Å²) in [4.78, 5) is 32.5. The molecule has 0 saturated carbocycles. The lowest BCUT2D eigenvalue weighted by molar-refractivity contribution is -0.134. The summed E-state index contributed by atoms with van der Waals surface area (Å²) in [6.45, 7) is 6.92. The number of amides is 2. The van der Waals surface area contributed by atoms with Crippen LogP contribution in [0, 0.1) is 0 Å². The molecule has 4 atom stereocenters. The number of aliphatic hydroxyl groups excluding tert-OH is 1. The number of aliphatic hydroxyl groups is 1. The third kappa shape index (κ3) is 10.8. The Bertz CT molecular complexity index is 1270.